The van der Waals surface area contributed by atoms with Gasteiger partial charge in [0, 0.05) is 0 Å². The predicted molar refractivity (Wildman–Crippen MR) is 94.7 cm³/mol. The molecule has 0 saturated carbocycles. The first-order valence-corrected chi connectivity index (χ1v) is 12.1. The van der Waals surface area contributed by atoms with Gasteiger partial charge in [0.2, 0.25) is 0 Å². The molecule has 0 aromatic heterocycles. The third-order valence-electron chi connectivity index (χ3n) is 4.00. The first kappa shape index (κ1) is 25.7. The standard InChI is InChI=1S/C20H32O4.2Tb/c1-7-9-15-21-23-19(3,4)17-11-13-18(14-12-17)20(5,6)24-22-16-10-8-2;;/h11-14H,1-2,7-10,15-16H2,3-6H3;;. The first-order chi connectivity index (χ1) is 12.3. The maximum absolute atomic E-state index is 5.63. The van der Waals surface area contributed by atoms with Crippen LogP contribution in [0, 0.1) is 73.3 Å². The van der Waals surface area contributed by atoms with Crippen LogP contribution in [0.4, 0.5) is 0 Å². The summed E-state index contributed by atoms with van der Waals surface area (Å²) in [4.78, 5) is 22.1. The molecule has 1 aromatic carbocycles. The molecule has 0 amide bonds. The molecule has 0 N–H and O–H groups in total. The molecule has 0 bridgehead atoms. The minimum atomic E-state index is -0.494. The van der Waals surface area contributed by atoms with Crippen LogP contribution in [0.5, 0.6) is 0 Å². The van der Waals surface area contributed by atoms with Gasteiger partial charge < -0.3 is 0 Å². The zero-order chi connectivity index (χ0) is 19.5. The van der Waals surface area contributed by atoms with Crippen molar-refractivity contribution in [3.63, 3.8) is 0 Å². The number of hydrogen-bond donors (Lipinski definition) is 0. The van der Waals surface area contributed by atoms with Gasteiger partial charge in [-0.15, -0.1) is 0 Å². The average Bonchev–Trinajstić information content (AvgIpc) is 2.61. The van der Waals surface area contributed by atoms with Crippen molar-refractivity contribution in [1.82, 2.24) is 0 Å². The number of benzene rings is 1. The van der Waals surface area contributed by atoms with E-state index in [1.54, 1.807) is 0 Å². The van der Waals surface area contributed by atoms with Crippen molar-refractivity contribution in [2.75, 3.05) is 13.2 Å². The van der Waals surface area contributed by atoms with Gasteiger partial charge in [-0.05, 0) is 0 Å². The van der Waals surface area contributed by atoms with E-state index in [0.29, 0.717) is 13.2 Å². The van der Waals surface area contributed by atoms with E-state index in [0.717, 1.165) is 36.8 Å². The summed E-state index contributed by atoms with van der Waals surface area (Å²) in [7, 11) is 0. The summed E-state index contributed by atoms with van der Waals surface area (Å²) in [5, 5.41) is 0. The summed E-state index contributed by atoms with van der Waals surface area (Å²) < 4.78 is 2.35. The van der Waals surface area contributed by atoms with Gasteiger partial charge in [-0.2, -0.15) is 0 Å². The molecule has 0 unspecified atom stereocenters. The Morgan fingerprint density at radius 2 is 1.00 bits per heavy atom. The van der Waals surface area contributed by atoms with Crippen LogP contribution < -0.4 is 0 Å². The molecule has 1 aromatic rings. The molecule has 0 atom stereocenters. The van der Waals surface area contributed by atoms with Crippen LogP contribution in [0.3, 0.4) is 0 Å². The number of rotatable bonds is 14. The fraction of sp³-hybridized carbons (Fsp3) is 0.700. The van der Waals surface area contributed by atoms with Gasteiger partial charge in [0.25, 0.3) is 0 Å². The Morgan fingerprint density at radius 3 is 1.31 bits per heavy atom. The molecule has 0 saturated heterocycles. The Kier molecular flexibility index (Phi) is 13.6. The van der Waals surface area contributed by atoms with Crippen molar-refractivity contribution in [3.05, 3.63) is 35.4 Å². The molecule has 0 fully saturated rings. The van der Waals surface area contributed by atoms with Crippen LogP contribution in [0.25, 0.3) is 0 Å². The molecule has 0 aliphatic rings. The third-order valence-corrected chi connectivity index (χ3v) is 5.51. The molecule has 154 valence electrons. The van der Waals surface area contributed by atoms with Crippen molar-refractivity contribution < 1.29 is 92.8 Å². The second kappa shape index (κ2) is 13.8. The Morgan fingerprint density at radius 1 is 0.654 bits per heavy atom. The van der Waals surface area contributed by atoms with Crippen LogP contribution in [-0.2, 0) is 30.8 Å². The topological polar surface area (TPSA) is 36.9 Å². The van der Waals surface area contributed by atoms with Crippen molar-refractivity contribution >= 4 is 0 Å². The van der Waals surface area contributed by atoms with Crippen molar-refractivity contribution in [2.24, 2.45) is 0 Å². The van der Waals surface area contributed by atoms with E-state index in [9.17, 15) is 0 Å². The van der Waals surface area contributed by atoms with Gasteiger partial charge in [-0.3, -0.25) is 0 Å². The zero-order valence-corrected chi connectivity index (χ0v) is 20.5. The Hall–Kier alpha value is 1.63. The van der Waals surface area contributed by atoms with E-state index < -0.39 is 11.2 Å². The summed E-state index contributed by atoms with van der Waals surface area (Å²) in [5.41, 5.74) is 1.14. The molecule has 0 radical (unpaired) electrons. The fourth-order valence-corrected chi connectivity index (χ4v) is 3.31. The van der Waals surface area contributed by atoms with Crippen LogP contribution in [0.15, 0.2) is 24.3 Å². The third kappa shape index (κ3) is 9.90. The molecule has 26 heavy (non-hydrogen) atoms. The normalized spacial score (nSPS) is 12.6. The Bertz CT molecular complexity index is 444. The molecular weight excluding hydrogens is 622 g/mol. The Labute approximate surface area is 208 Å². The summed E-state index contributed by atoms with van der Waals surface area (Å²) in [6.45, 7) is 9.32. The van der Waals surface area contributed by atoms with E-state index >= 15 is 0 Å². The zero-order valence-electron chi connectivity index (χ0n) is 16.3. The van der Waals surface area contributed by atoms with E-state index in [1.165, 1.54) is 4.78 Å². The van der Waals surface area contributed by atoms with E-state index in [-0.39, 0.29) is 0 Å². The summed E-state index contributed by atoms with van der Waals surface area (Å²) in [6, 6.07) is 8.25. The fourth-order valence-electron chi connectivity index (χ4n) is 2.24. The van der Waals surface area contributed by atoms with Gasteiger partial charge in [0.1, 0.15) is 0 Å². The molecule has 0 aliphatic heterocycles. The second-order valence-corrected chi connectivity index (χ2v) is 9.29. The van der Waals surface area contributed by atoms with Crippen LogP contribution in [-0.4, -0.2) is 13.2 Å². The molecule has 0 spiro atoms. The van der Waals surface area contributed by atoms with Gasteiger partial charge in [0.15, 0.2) is 0 Å². The van der Waals surface area contributed by atoms with Gasteiger partial charge in [-0.25, -0.2) is 0 Å². The van der Waals surface area contributed by atoms with Crippen molar-refractivity contribution in [1.29, 1.82) is 0 Å². The molecule has 1 rings (SSSR count). The number of unbranched alkanes of at least 4 members (excludes halogenated alkanes) is 2. The van der Waals surface area contributed by atoms with Crippen molar-refractivity contribution in [3.8, 4) is 0 Å². The quantitative estimate of drug-likeness (QED) is 0.150. The molecule has 4 nitrogen and oxygen atoms in total. The first-order valence-electron chi connectivity index (χ1n) is 9.11. The van der Waals surface area contributed by atoms with Crippen molar-refractivity contribution in [2.45, 2.75) is 69.4 Å². The minimum absolute atomic E-state index is 0.494. The van der Waals surface area contributed by atoms with Gasteiger partial charge >= 0.3 is 211 Å². The average molecular weight is 654 g/mol. The molecule has 6 heteroatoms. The van der Waals surface area contributed by atoms with Crippen LogP contribution in [0.1, 0.15) is 64.5 Å². The molecular formula is C20H32O4Tb2. The summed E-state index contributed by atoms with van der Waals surface area (Å²) in [5.74, 6) is 0. The SMILES string of the molecule is CC(C)(OOCCC[CH2][Tb])c1ccc(C(C)(C)OOCCC[CH2][Tb])cc1. The van der Waals surface area contributed by atoms with E-state index in [2.05, 4.69) is 97.5 Å². The second-order valence-electron chi connectivity index (χ2n) is 7.16. The van der Waals surface area contributed by atoms with Crippen LogP contribution >= 0.6 is 0 Å². The van der Waals surface area contributed by atoms with E-state index in [4.69, 9.17) is 19.6 Å². The number of hydrogen-bond acceptors (Lipinski definition) is 4. The molecule has 0 heterocycles. The summed E-state index contributed by atoms with van der Waals surface area (Å²) in [6.07, 6.45) is 4.37. The van der Waals surface area contributed by atoms with E-state index in [1.807, 2.05) is 27.7 Å². The van der Waals surface area contributed by atoms with Gasteiger partial charge in [-0.1, -0.05) is 0 Å². The monoisotopic (exact) mass is 654 g/mol. The summed E-state index contributed by atoms with van der Waals surface area (Å²) >= 11 is 4.35. The van der Waals surface area contributed by atoms with Gasteiger partial charge in [0.05, 0.1) is 0 Å². The maximum atomic E-state index is 5.63. The Balaban J connectivity index is 2.54. The van der Waals surface area contributed by atoms with Crippen LogP contribution in [0.2, 0.25) is 4.78 Å². The molecule has 0 aliphatic carbocycles. The predicted octanol–water partition coefficient (Wildman–Crippen LogP) is 5.55.